The van der Waals surface area contributed by atoms with Crippen LogP contribution in [0.2, 0.25) is 0 Å². The maximum Gasteiger partial charge on any atom is 0.306 e. The Labute approximate surface area is 219 Å². The molecule has 0 saturated heterocycles. The number of hydrogen-bond acceptors (Lipinski definition) is 6. The third-order valence-corrected chi connectivity index (χ3v) is 10.1. The molecule has 3 fully saturated rings. The van der Waals surface area contributed by atoms with E-state index in [1.54, 1.807) is 6.92 Å². The summed E-state index contributed by atoms with van der Waals surface area (Å²) in [5.74, 6) is -0.467. The molecule has 0 spiro atoms. The molecule has 3 saturated carbocycles. The lowest BCUT2D eigenvalue weighted by atomic mass is 9.46. The van der Waals surface area contributed by atoms with E-state index in [1.165, 1.54) is 5.57 Å². The highest BCUT2D eigenvalue weighted by molar-refractivity contribution is 5.91. The van der Waals surface area contributed by atoms with Gasteiger partial charge < -0.3 is 15.2 Å². The Hall–Kier alpha value is -2.51. The molecule has 0 aromatic rings. The van der Waals surface area contributed by atoms with Crippen LogP contribution in [0.15, 0.2) is 11.6 Å². The molecule has 0 heterocycles. The predicted octanol–water partition coefficient (Wildman–Crippen LogP) is 4.01. The highest BCUT2D eigenvalue weighted by atomic mass is 16.5. The maximum atomic E-state index is 13.0. The van der Waals surface area contributed by atoms with Crippen LogP contribution >= 0.6 is 0 Å². The normalized spacial score (nSPS) is 36.5. The summed E-state index contributed by atoms with van der Waals surface area (Å²) < 4.78 is 6.19. The summed E-state index contributed by atoms with van der Waals surface area (Å²) in [5, 5.41) is 11.4. The summed E-state index contributed by atoms with van der Waals surface area (Å²) in [6.45, 7) is 6.37. The fraction of sp³-hybridized carbons (Fsp3) is 0.759. The van der Waals surface area contributed by atoms with Gasteiger partial charge in [0.05, 0.1) is 6.42 Å². The first-order valence-corrected chi connectivity index (χ1v) is 13.9. The summed E-state index contributed by atoms with van der Waals surface area (Å²) >= 11 is 0. The van der Waals surface area contributed by atoms with Gasteiger partial charge in [0.15, 0.2) is 5.78 Å². The molecule has 8 heteroatoms. The molecule has 0 unspecified atom stereocenters. The van der Waals surface area contributed by atoms with Crippen molar-refractivity contribution in [2.75, 3.05) is 6.54 Å². The molecule has 0 aromatic carbocycles. The van der Waals surface area contributed by atoms with Crippen LogP contribution in [0, 0.1) is 34.5 Å². The predicted molar refractivity (Wildman–Crippen MR) is 135 cm³/mol. The number of ketones is 2. The minimum absolute atomic E-state index is 0.0143. The van der Waals surface area contributed by atoms with Gasteiger partial charge >= 0.3 is 11.9 Å². The third kappa shape index (κ3) is 5.39. The molecule has 1 amide bonds. The quantitative estimate of drug-likeness (QED) is 0.351. The van der Waals surface area contributed by atoms with Crippen LogP contribution in [-0.4, -0.2) is 47.2 Å². The lowest BCUT2D eigenvalue weighted by Gasteiger charge is -2.60. The Morgan fingerprint density at radius 2 is 1.84 bits per heavy atom. The molecule has 0 bridgehead atoms. The Morgan fingerprint density at radius 1 is 1.08 bits per heavy atom. The van der Waals surface area contributed by atoms with E-state index >= 15 is 0 Å². The van der Waals surface area contributed by atoms with Crippen molar-refractivity contribution in [3.05, 3.63) is 11.6 Å². The van der Waals surface area contributed by atoms with E-state index < -0.39 is 11.9 Å². The van der Waals surface area contributed by atoms with Crippen LogP contribution in [-0.2, 0) is 28.7 Å². The summed E-state index contributed by atoms with van der Waals surface area (Å²) in [7, 11) is 0. The number of nitrogens with one attached hydrogen (secondary N) is 1. The van der Waals surface area contributed by atoms with Gasteiger partial charge in [0.1, 0.15) is 11.9 Å². The number of aliphatic carboxylic acids is 1. The zero-order valence-corrected chi connectivity index (χ0v) is 22.3. The van der Waals surface area contributed by atoms with Crippen molar-refractivity contribution >= 4 is 29.4 Å². The molecule has 2 N–H and O–H groups in total. The Kier molecular flexibility index (Phi) is 7.96. The van der Waals surface area contributed by atoms with Crippen LogP contribution in [0.4, 0.5) is 0 Å². The largest absolute Gasteiger partial charge is 0.481 e. The number of carboxylic acids is 1. The zero-order chi connectivity index (χ0) is 27.0. The van der Waals surface area contributed by atoms with E-state index in [-0.39, 0.29) is 72.1 Å². The average Bonchev–Trinajstić information content (AvgIpc) is 3.17. The average molecular weight is 516 g/mol. The molecule has 0 aliphatic heterocycles. The minimum atomic E-state index is -0.912. The molecule has 204 valence electrons. The van der Waals surface area contributed by atoms with Crippen molar-refractivity contribution in [3.63, 3.8) is 0 Å². The van der Waals surface area contributed by atoms with E-state index in [0.717, 1.165) is 32.1 Å². The lowest BCUT2D eigenvalue weighted by molar-refractivity contribution is -0.178. The van der Waals surface area contributed by atoms with Gasteiger partial charge in [0, 0.05) is 37.6 Å². The smallest absolute Gasteiger partial charge is 0.306 e. The van der Waals surface area contributed by atoms with Gasteiger partial charge in [-0.05, 0) is 80.6 Å². The minimum Gasteiger partial charge on any atom is -0.481 e. The van der Waals surface area contributed by atoms with Crippen molar-refractivity contribution in [1.29, 1.82) is 0 Å². The number of allylic oxidation sites excluding steroid dienone is 1. The second-order valence-electron chi connectivity index (χ2n) is 12.2. The number of carbonyl (C=O) groups is 5. The maximum absolute atomic E-state index is 13.0. The van der Waals surface area contributed by atoms with Gasteiger partial charge in [0.25, 0.3) is 0 Å². The monoisotopic (exact) mass is 515 g/mol. The molecule has 7 atom stereocenters. The fourth-order valence-electron chi connectivity index (χ4n) is 8.43. The van der Waals surface area contributed by atoms with Crippen LogP contribution in [0.1, 0.15) is 91.4 Å². The van der Waals surface area contributed by atoms with E-state index in [9.17, 15) is 24.0 Å². The van der Waals surface area contributed by atoms with Crippen molar-refractivity contribution in [1.82, 2.24) is 5.32 Å². The number of carboxylic acid groups (broad SMARTS) is 1. The lowest BCUT2D eigenvalue weighted by Crippen LogP contribution is -2.58. The van der Waals surface area contributed by atoms with E-state index in [4.69, 9.17) is 9.84 Å². The topological polar surface area (TPSA) is 127 Å². The summed E-state index contributed by atoms with van der Waals surface area (Å²) in [5.41, 5.74) is 0.747. The first kappa shape index (κ1) is 27.5. The second-order valence-corrected chi connectivity index (χ2v) is 12.2. The van der Waals surface area contributed by atoms with Crippen LogP contribution in [0.25, 0.3) is 0 Å². The molecule has 4 aliphatic rings. The molecular formula is C29H41NO7. The van der Waals surface area contributed by atoms with E-state index in [0.29, 0.717) is 31.1 Å². The van der Waals surface area contributed by atoms with E-state index in [1.807, 2.05) is 6.08 Å². The van der Waals surface area contributed by atoms with Gasteiger partial charge in [-0.3, -0.25) is 24.0 Å². The molecule has 0 aromatic heterocycles. The first-order valence-electron chi connectivity index (χ1n) is 13.9. The highest BCUT2D eigenvalue weighted by Crippen LogP contribution is 2.67. The molecule has 8 nitrogen and oxygen atoms in total. The van der Waals surface area contributed by atoms with Crippen molar-refractivity contribution in [3.8, 4) is 0 Å². The van der Waals surface area contributed by atoms with Gasteiger partial charge in [-0.2, -0.15) is 0 Å². The summed E-state index contributed by atoms with van der Waals surface area (Å²) in [4.78, 5) is 60.6. The van der Waals surface area contributed by atoms with E-state index in [2.05, 4.69) is 19.2 Å². The Bertz CT molecular complexity index is 1000. The van der Waals surface area contributed by atoms with Crippen LogP contribution in [0.5, 0.6) is 0 Å². The Morgan fingerprint density at radius 3 is 2.54 bits per heavy atom. The van der Waals surface area contributed by atoms with Gasteiger partial charge in [-0.1, -0.05) is 19.4 Å². The molecular weight excluding hydrogens is 474 g/mol. The second kappa shape index (κ2) is 10.7. The number of amides is 1. The van der Waals surface area contributed by atoms with Gasteiger partial charge in [0.2, 0.25) is 5.91 Å². The number of Topliss-reactive ketones (excluding diaryl/α,β-unsaturated/α-hetero) is 1. The Balaban J connectivity index is 1.50. The van der Waals surface area contributed by atoms with Gasteiger partial charge in [-0.15, -0.1) is 0 Å². The summed E-state index contributed by atoms with van der Waals surface area (Å²) in [6.07, 6.45) is 7.32. The third-order valence-electron chi connectivity index (χ3n) is 10.1. The van der Waals surface area contributed by atoms with Crippen molar-refractivity contribution < 1.29 is 33.8 Å². The number of fused-ring (bicyclic) bond motifs is 5. The SMILES string of the molecule is CC(=O)[C@H]1CC[C@H]2[C@@H]3CCC4=CC(=O)CC[C@]4(C)[C@H]3[C@H](OC(=O)CCC(=O)NCCCC(=O)O)C[C@]12C. The molecule has 0 radical (unpaired) electrons. The molecule has 4 rings (SSSR count). The summed E-state index contributed by atoms with van der Waals surface area (Å²) in [6, 6.07) is 0. The van der Waals surface area contributed by atoms with Crippen LogP contribution in [0.3, 0.4) is 0 Å². The highest BCUT2D eigenvalue weighted by Gasteiger charge is 2.63. The number of carbonyl (C=O) groups excluding carboxylic acids is 4. The molecule has 4 aliphatic carbocycles. The number of ether oxygens (including phenoxy) is 1. The van der Waals surface area contributed by atoms with Crippen molar-refractivity contribution in [2.24, 2.45) is 34.5 Å². The fourth-order valence-corrected chi connectivity index (χ4v) is 8.43. The standard InChI is InChI=1S/C29H41NO7/c1-17(31)21-8-9-22-20-7-6-18-15-19(32)12-13-28(18,2)27(20)23(16-29(21,22)3)37-26(36)11-10-24(33)30-14-4-5-25(34)35/h15,20-23,27H,4-14,16H2,1-3H3,(H,30,33)(H,34,35)/t20-,21+,22-,23+,27+,28-,29+/m0/s1. The zero-order valence-electron chi connectivity index (χ0n) is 22.3. The van der Waals surface area contributed by atoms with Crippen molar-refractivity contribution in [2.45, 2.75) is 97.5 Å². The number of rotatable bonds is 9. The molecule has 37 heavy (non-hydrogen) atoms. The first-order chi connectivity index (χ1) is 17.5. The number of hydrogen-bond donors (Lipinski definition) is 2. The van der Waals surface area contributed by atoms with Crippen LogP contribution < -0.4 is 5.32 Å². The number of esters is 1. The van der Waals surface area contributed by atoms with Gasteiger partial charge in [-0.25, -0.2) is 0 Å².